The first kappa shape index (κ1) is 20.2. The maximum atomic E-state index is 12.7. The number of likely N-dealkylation sites (N-methyl/N-ethyl adjacent to an activating group) is 1. The summed E-state index contributed by atoms with van der Waals surface area (Å²) in [5, 5.41) is 4.93. The van der Waals surface area contributed by atoms with Crippen LogP contribution in [-0.2, 0) is 13.0 Å². The summed E-state index contributed by atoms with van der Waals surface area (Å²) in [5.41, 5.74) is 3.06. The Balaban J connectivity index is 1.17. The molecule has 0 fully saturated rings. The molecule has 8 nitrogen and oxygen atoms in total. The summed E-state index contributed by atoms with van der Waals surface area (Å²) in [4.78, 5) is 26.6. The molecule has 0 saturated heterocycles. The summed E-state index contributed by atoms with van der Waals surface area (Å²) in [7, 11) is 1.74. The summed E-state index contributed by atoms with van der Waals surface area (Å²) in [6, 6.07) is 15.3. The average Bonchev–Trinajstić information content (AvgIpc) is 3.51. The zero-order valence-electron chi connectivity index (χ0n) is 17.7. The van der Waals surface area contributed by atoms with Gasteiger partial charge in [0.05, 0.1) is 26.3 Å². The van der Waals surface area contributed by atoms with Gasteiger partial charge in [0, 0.05) is 32.1 Å². The van der Waals surface area contributed by atoms with E-state index in [2.05, 4.69) is 20.1 Å². The van der Waals surface area contributed by atoms with Crippen LogP contribution in [0.4, 0.5) is 0 Å². The van der Waals surface area contributed by atoms with E-state index in [-0.39, 0.29) is 18.2 Å². The number of para-hydroxylation sites is 2. The summed E-state index contributed by atoms with van der Waals surface area (Å²) in [6.07, 6.45) is 0.614. The third kappa shape index (κ3) is 4.19. The van der Waals surface area contributed by atoms with Crippen LogP contribution in [0.15, 0.2) is 53.1 Å². The fraction of sp³-hybridized carbons (Fsp3) is 0.217. The zero-order chi connectivity index (χ0) is 22.1. The van der Waals surface area contributed by atoms with E-state index in [9.17, 15) is 4.79 Å². The minimum Gasteiger partial charge on any atom is -0.485 e. The number of imidazole rings is 1. The number of carbonyl (C=O) groups excluding carboxylic acids is 1. The maximum absolute atomic E-state index is 12.7. The molecular weight excluding hydrogens is 426 g/mol. The first-order valence-corrected chi connectivity index (χ1v) is 11.0. The number of aromatic amines is 1. The van der Waals surface area contributed by atoms with Crippen molar-refractivity contribution in [1.29, 1.82) is 0 Å². The zero-order valence-corrected chi connectivity index (χ0v) is 18.5. The standard InChI is InChI=1S/C23H21N5O3S/c1-14-24-19-11-15(7-8-21(19)32-14)30-13-16-12-20(27-31-16)23(29)28(2)10-9-22-25-17-5-3-4-6-18(17)26-22/h3-8,11-12H,9-10,13H2,1-2H3,(H,25,26). The molecule has 32 heavy (non-hydrogen) atoms. The first-order valence-electron chi connectivity index (χ1n) is 10.2. The van der Waals surface area contributed by atoms with Gasteiger partial charge in [0.1, 0.15) is 18.2 Å². The number of amides is 1. The molecule has 0 spiro atoms. The Morgan fingerprint density at radius 1 is 1.16 bits per heavy atom. The smallest absolute Gasteiger partial charge is 0.275 e. The van der Waals surface area contributed by atoms with Gasteiger partial charge < -0.3 is 19.1 Å². The second kappa shape index (κ2) is 8.43. The van der Waals surface area contributed by atoms with Crippen molar-refractivity contribution in [2.24, 2.45) is 0 Å². The number of carbonyl (C=O) groups is 1. The Labute approximate surface area is 187 Å². The largest absolute Gasteiger partial charge is 0.485 e. The third-order valence-corrected chi connectivity index (χ3v) is 6.05. The number of ether oxygens (including phenoxy) is 1. The lowest BCUT2D eigenvalue weighted by Gasteiger charge is -2.14. The van der Waals surface area contributed by atoms with Crippen molar-refractivity contribution in [3.8, 4) is 5.75 Å². The number of hydrogen-bond acceptors (Lipinski definition) is 7. The van der Waals surface area contributed by atoms with Gasteiger partial charge in [-0.1, -0.05) is 17.3 Å². The van der Waals surface area contributed by atoms with Crippen LogP contribution in [0.2, 0.25) is 0 Å². The second-order valence-corrected chi connectivity index (χ2v) is 8.74. The van der Waals surface area contributed by atoms with Crippen LogP contribution in [-0.4, -0.2) is 44.5 Å². The Hall–Kier alpha value is -3.72. The summed E-state index contributed by atoms with van der Waals surface area (Å²) >= 11 is 1.64. The number of thiazole rings is 1. The van der Waals surface area contributed by atoms with E-state index in [4.69, 9.17) is 9.26 Å². The molecule has 0 radical (unpaired) electrons. The van der Waals surface area contributed by atoms with Gasteiger partial charge in [0.2, 0.25) is 0 Å². The SMILES string of the molecule is Cc1nc2cc(OCc3cc(C(=O)N(C)CCc4nc5ccccc5[nH]4)no3)ccc2s1. The number of nitrogens with zero attached hydrogens (tertiary/aromatic N) is 4. The quantitative estimate of drug-likeness (QED) is 0.398. The highest BCUT2D eigenvalue weighted by Crippen LogP contribution is 2.26. The first-order chi connectivity index (χ1) is 15.5. The maximum Gasteiger partial charge on any atom is 0.275 e. The van der Waals surface area contributed by atoms with Crippen molar-refractivity contribution in [3.63, 3.8) is 0 Å². The van der Waals surface area contributed by atoms with Crippen molar-refractivity contribution in [1.82, 2.24) is 25.0 Å². The summed E-state index contributed by atoms with van der Waals surface area (Å²) < 4.78 is 12.2. The lowest BCUT2D eigenvalue weighted by atomic mass is 10.3. The van der Waals surface area contributed by atoms with E-state index >= 15 is 0 Å². The monoisotopic (exact) mass is 447 g/mol. The molecule has 3 heterocycles. The number of aromatic nitrogens is 4. The van der Waals surface area contributed by atoms with Crippen molar-refractivity contribution in [2.75, 3.05) is 13.6 Å². The lowest BCUT2D eigenvalue weighted by molar-refractivity contribution is 0.0785. The van der Waals surface area contributed by atoms with Crippen LogP contribution >= 0.6 is 11.3 Å². The number of benzene rings is 2. The van der Waals surface area contributed by atoms with Gasteiger partial charge in [-0.25, -0.2) is 9.97 Å². The van der Waals surface area contributed by atoms with Gasteiger partial charge in [-0.3, -0.25) is 4.79 Å². The highest BCUT2D eigenvalue weighted by Gasteiger charge is 2.18. The molecule has 0 aliphatic rings. The lowest BCUT2D eigenvalue weighted by Crippen LogP contribution is -2.29. The topological polar surface area (TPSA) is 97.1 Å². The molecule has 1 amide bonds. The van der Waals surface area contributed by atoms with Crippen molar-refractivity contribution in [3.05, 3.63) is 70.8 Å². The van der Waals surface area contributed by atoms with Crippen LogP contribution in [0.3, 0.4) is 0 Å². The molecule has 0 saturated carbocycles. The predicted molar refractivity (Wildman–Crippen MR) is 122 cm³/mol. The molecule has 0 aliphatic carbocycles. The molecule has 1 N–H and O–H groups in total. The van der Waals surface area contributed by atoms with E-state index in [0.29, 0.717) is 24.5 Å². The van der Waals surface area contributed by atoms with Crippen LogP contribution in [0.5, 0.6) is 5.75 Å². The number of H-pyrrole nitrogens is 1. The molecule has 5 rings (SSSR count). The minimum atomic E-state index is -0.213. The summed E-state index contributed by atoms with van der Waals surface area (Å²) in [6.45, 7) is 2.66. The number of hydrogen-bond donors (Lipinski definition) is 1. The Morgan fingerprint density at radius 3 is 2.91 bits per heavy atom. The molecule has 162 valence electrons. The van der Waals surface area contributed by atoms with E-state index in [0.717, 1.165) is 32.1 Å². The molecular formula is C23H21N5O3S. The third-order valence-electron chi connectivity index (χ3n) is 5.09. The Kier molecular flexibility index (Phi) is 5.32. The van der Waals surface area contributed by atoms with Gasteiger partial charge in [-0.2, -0.15) is 0 Å². The predicted octanol–water partition coefficient (Wildman–Crippen LogP) is 4.36. The van der Waals surface area contributed by atoms with Gasteiger partial charge in [0.25, 0.3) is 5.91 Å². The molecule has 2 aromatic carbocycles. The summed E-state index contributed by atoms with van der Waals surface area (Å²) in [5.74, 6) is 1.80. The number of nitrogens with one attached hydrogen (secondary N) is 1. The number of fused-ring (bicyclic) bond motifs is 2. The molecule has 0 unspecified atom stereocenters. The average molecular weight is 448 g/mol. The van der Waals surface area contributed by atoms with E-state index in [1.54, 1.807) is 29.4 Å². The van der Waals surface area contributed by atoms with E-state index in [1.165, 1.54) is 0 Å². The fourth-order valence-electron chi connectivity index (χ4n) is 3.44. The van der Waals surface area contributed by atoms with Crippen LogP contribution in [0, 0.1) is 6.92 Å². The van der Waals surface area contributed by atoms with E-state index in [1.807, 2.05) is 49.4 Å². The van der Waals surface area contributed by atoms with Crippen molar-refractivity contribution in [2.45, 2.75) is 20.0 Å². The molecule has 0 bridgehead atoms. The van der Waals surface area contributed by atoms with Gasteiger partial charge in [-0.15, -0.1) is 11.3 Å². The molecule has 3 aromatic heterocycles. The number of aryl methyl sites for hydroxylation is 1. The molecule has 9 heteroatoms. The van der Waals surface area contributed by atoms with Gasteiger partial charge in [-0.05, 0) is 31.2 Å². The van der Waals surface area contributed by atoms with E-state index < -0.39 is 0 Å². The number of rotatable bonds is 7. The van der Waals surface area contributed by atoms with Crippen molar-refractivity contribution >= 4 is 38.5 Å². The van der Waals surface area contributed by atoms with Crippen LogP contribution < -0.4 is 4.74 Å². The molecule has 0 aliphatic heterocycles. The Bertz CT molecular complexity index is 1370. The second-order valence-electron chi connectivity index (χ2n) is 7.51. The molecule has 5 aromatic rings. The van der Waals surface area contributed by atoms with Gasteiger partial charge >= 0.3 is 0 Å². The minimum absolute atomic E-state index is 0.178. The highest BCUT2D eigenvalue weighted by molar-refractivity contribution is 7.18. The van der Waals surface area contributed by atoms with Crippen molar-refractivity contribution < 1.29 is 14.1 Å². The van der Waals surface area contributed by atoms with Crippen LogP contribution in [0.1, 0.15) is 27.1 Å². The normalized spacial score (nSPS) is 11.3. The highest BCUT2D eigenvalue weighted by atomic mass is 32.1. The fourth-order valence-corrected chi connectivity index (χ4v) is 4.25. The van der Waals surface area contributed by atoms with Gasteiger partial charge in [0.15, 0.2) is 11.5 Å². The molecule has 0 atom stereocenters. The Morgan fingerprint density at radius 2 is 2.03 bits per heavy atom. The van der Waals surface area contributed by atoms with Crippen LogP contribution in [0.25, 0.3) is 21.3 Å².